The van der Waals surface area contributed by atoms with E-state index in [1.165, 1.54) is 6.20 Å². The van der Waals surface area contributed by atoms with E-state index in [4.69, 9.17) is 9.68 Å². The van der Waals surface area contributed by atoms with E-state index in [9.17, 15) is 4.79 Å². The summed E-state index contributed by atoms with van der Waals surface area (Å²) in [5.41, 5.74) is 4.15. The van der Waals surface area contributed by atoms with Gasteiger partial charge in [0.15, 0.2) is 5.76 Å². The van der Waals surface area contributed by atoms with E-state index in [0.717, 1.165) is 16.7 Å². The number of oxazole rings is 1. The molecule has 0 fully saturated rings. The lowest BCUT2D eigenvalue weighted by molar-refractivity contribution is 0.0950. The Kier molecular flexibility index (Phi) is 5.26. The maximum atomic E-state index is 12.4. The van der Waals surface area contributed by atoms with Crippen molar-refractivity contribution in [3.8, 4) is 28.7 Å². The van der Waals surface area contributed by atoms with Crippen molar-refractivity contribution < 1.29 is 9.21 Å². The van der Waals surface area contributed by atoms with E-state index in [1.807, 2.05) is 36.4 Å². The van der Waals surface area contributed by atoms with E-state index in [2.05, 4.69) is 34.2 Å². The van der Waals surface area contributed by atoms with Gasteiger partial charge in [0.2, 0.25) is 5.78 Å². The minimum Gasteiger partial charge on any atom is -0.432 e. The Morgan fingerprint density at radius 2 is 1.69 bits per heavy atom. The highest BCUT2D eigenvalue weighted by molar-refractivity contribution is 5.92. The fourth-order valence-corrected chi connectivity index (χ4v) is 3.01. The molecule has 5 heteroatoms. The number of hydrogen-bond donors (Lipinski definition) is 0. The number of nitrogens with zero attached hydrogens (tertiary/aromatic N) is 3. The van der Waals surface area contributed by atoms with E-state index >= 15 is 0 Å². The largest absolute Gasteiger partial charge is 0.432 e. The van der Waals surface area contributed by atoms with Crippen LogP contribution in [0.2, 0.25) is 0 Å². The van der Waals surface area contributed by atoms with Crippen molar-refractivity contribution in [3.05, 3.63) is 96.1 Å². The molecule has 2 aromatic heterocycles. The standard InChI is InChI=1S/C24H17N3O2/c25-15-20-7-4-8-21(27-20)23-16-26-24(29-23)22(28)14-11-17-9-12-19(13-10-17)18-5-2-1-3-6-18/h1-10,12-13,16H,11,14H2. The molecule has 4 aromatic rings. The van der Waals surface area contributed by atoms with Crippen LogP contribution in [-0.2, 0) is 6.42 Å². The highest BCUT2D eigenvalue weighted by atomic mass is 16.4. The van der Waals surface area contributed by atoms with Crippen LogP contribution in [0.25, 0.3) is 22.6 Å². The number of hydrogen-bond acceptors (Lipinski definition) is 5. The number of nitriles is 1. The molecule has 0 saturated carbocycles. The van der Waals surface area contributed by atoms with Crippen LogP contribution in [0.1, 0.15) is 28.4 Å². The molecule has 4 rings (SSSR count). The van der Waals surface area contributed by atoms with E-state index < -0.39 is 0 Å². The topological polar surface area (TPSA) is 79.8 Å². The third-order valence-electron chi connectivity index (χ3n) is 4.56. The Balaban J connectivity index is 1.40. The number of aryl methyl sites for hydroxylation is 1. The number of rotatable bonds is 6. The Morgan fingerprint density at radius 3 is 2.45 bits per heavy atom. The van der Waals surface area contributed by atoms with Gasteiger partial charge in [-0.05, 0) is 35.2 Å². The van der Waals surface area contributed by atoms with Crippen molar-refractivity contribution in [2.24, 2.45) is 0 Å². The average Bonchev–Trinajstić information content (AvgIpc) is 3.29. The van der Waals surface area contributed by atoms with Crippen LogP contribution in [0.15, 0.2) is 83.4 Å². The van der Waals surface area contributed by atoms with Crippen LogP contribution in [0.4, 0.5) is 0 Å². The van der Waals surface area contributed by atoms with Crippen molar-refractivity contribution in [2.45, 2.75) is 12.8 Å². The molecule has 0 saturated heterocycles. The lowest BCUT2D eigenvalue weighted by Gasteiger charge is -2.04. The highest BCUT2D eigenvalue weighted by Crippen LogP contribution is 2.21. The summed E-state index contributed by atoms with van der Waals surface area (Å²) in [4.78, 5) is 20.7. The molecule has 2 aromatic carbocycles. The van der Waals surface area contributed by atoms with Gasteiger partial charge >= 0.3 is 0 Å². The summed E-state index contributed by atoms with van der Waals surface area (Å²) in [6.07, 6.45) is 2.37. The third kappa shape index (κ3) is 4.28. The predicted molar refractivity (Wildman–Crippen MR) is 109 cm³/mol. The molecule has 0 bridgehead atoms. The van der Waals surface area contributed by atoms with Gasteiger partial charge in [0.1, 0.15) is 17.5 Å². The monoisotopic (exact) mass is 379 g/mol. The van der Waals surface area contributed by atoms with Gasteiger partial charge in [-0.3, -0.25) is 4.79 Å². The van der Waals surface area contributed by atoms with E-state index in [-0.39, 0.29) is 17.4 Å². The van der Waals surface area contributed by atoms with Gasteiger partial charge in [0.25, 0.3) is 5.89 Å². The molecule has 0 spiro atoms. The molecule has 140 valence electrons. The number of benzene rings is 2. The smallest absolute Gasteiger partial charge is 0.263 e. The predicted octanol–water partition coefficient (Wildman–Crippen LogP) is 5.09. The Morgan fingerprint density at radius 1 is 0.931 bits per heavy atom. The Hall–Kier alpha value is -4.04. The summed E-state index contributed by atoms with van der Waals surface area (Å²) in [5.74, 6) is 0.266. The molecule has 0 N–H and O–H groups in total. The zero-order chi connectivity index (χ0) is 20.1. The second-order valence-electron chi connectivity index (χ2n) is 6.54. The fourth-order valence-electron chi connectivity index (χ4n) is 3.01. The third-order valence-corrected chi connectivity index (χ3v) is 4.56. The molecule has 0 aliphatic heterocycles. The van der Waals surface area contributed by atoms with Crippen molar-refractivity contribution >= 4 is 5.78 Å². The Bertz CT molecular complexity index is 1170. The summed E-state index contributed by atoms with van der Waals surface area (Å²) in [6, 6.07) is 25.4. The molecule has 0 radical (unpaired) electrons. The molecule has 5 nitrogen and oxygen atoms in total. The average molecular weight is 379 g/mol. The fraction of sp³-hybridized carbons (Fsp3) is 0.0833. The number of pyridine rings is 1. The molecule has 29 heavy (non-hydrogen) atoms. The summed E-state index contributed by atoms with van der Waals surface area (Å²) >= 11 is 0. The molecule has 0 unspecified atom stereocenters. The number of Topliss-reactive ketones (excluding diaryl/α,β-unsaturated/α-hetero) is 1. The zero-order valence-corrected chi connectivity index (χ0v) is 15.6. The second-order valence-corrected chi connectivity index (χ2v) is 6.54. The molecular weight excluding hydrogens is 362 g/mol. The molecule has 0 atom stereocenters. The van der Waals surface area contributed by atoms with E-state index in [1.54, 1.807) is 18.2 Å². The first-order valence-corrected chi connectivity index (χ1v) is 9.24. The van der Waals surface area contributed by atoms with Gasteiger partial charge in [-0.1, -0.05) is 60.7 Å². The maximum absolute atomic E-state index is 12.4. The first kappa shape index (κ1) is 18.3. The first-order valence-electron chi connectivity index (χ1n) is 9.24. The second kappa shape index (κ2) is 8.32. The van der Waals surface area contributed by atoms with Crippen molar-refractivity contribution in [2.75, 3.05) is 0 Å². The van der Waals surface area contributed by atoms with Gasteiger partial charge in [-0.15, -0.1) is 0 Å². The van der Waals surface area contributed by atoms with Gasteiger partial charge in [0, 0.05) is 6.42 Å². The van der Waals surface area contributed by atoms with Gasteiger partial charge in [-0.25, -0.2) is 9.97 Å². The molecule has 0 aliphatic rings. The van der Waals surface area contributed by atoms with Gasteiger partial charge < -0.3 is 4.42 Å². The highest BCUT2D eigenvalue weighted by Gasteiger charge is 2.15. The minimum absolute atomic E-state index is 0.0602. The van der Waals surface area contributed by atoms with Crippen LogP contribution in [-0.4, -0.2) is 15.8 Å². The van der Waals surface area contributed by atoms with Gasteiger partial charge in [-0.2, -0.15) is 5.26 Å². The van der Waals surface area contributed by atoms with Crippen LogP contribution in [0.5, 0.6) is 0 Å². The van der Waals surface area contributed by atoms with Crippen LogP contribution in [0.3, 0.4) is 0 Å². The SMILES string of the molecule is N#Cc1cccc(-c2cnc(C(=O)CCc3ccc(-c4ccccc4)cc3)o2)n1. The Labute approximate surface area is 168 Å². The lowest BCUT2D eigenvalue weighted by Crippen LogP contribution is -2.01. The summed E-state index contributed by atoms with van der Waals surface area (Å²) < 4.78 is 5.56. The molecule has 2 heterocycles. The normalized spacial score (nSPS) is 10.4. The van der Waals surface area contributed by atoms with Crippen molar-refractivity contribution in [1.82, 2.24) is 9.97 Å². The summed E-state index contributed by atoms with van der Waals surface area (Å²) in [7, 11) is 0. The van der Waals surface area contributed by atoms with Crippen LogP contribution < -0.4 is 0 Å². The van der Waals surface area contributed by atoms with E-state index in [0.29, 0.717) is 24.3 Å². The zero-order valence-electron chi connectivity index (χ0n) is 15.6. The number of carbonyl (C=O) groups excluding carboxylic acids is 1. The minimum atomic E-state index is -0.167. The maximum Gasteiger partial charge on any atom is 0.263 e. The van der Waals surface area contributed by atoms with Crippen LogP contribution >= 0.6 is 0 Å². The summed E-state index contributed by atoms with van der Waals surface area (Å²) in [5, 5.41) is 8.95. The first-order chi connectivity index (χ1) is 14.2. The number of aromatic nitrogens is 2. The molecular formula is C24H17N3O2. The van der Waals surface area contributed by atoms with Crippen molar-refractivity contribution in [3.63, 3.8) is 0 Å². The number of ketones is 1. The number of carbonyl (C=O) groups is 1. The molecule has 0 aliphatic carbocycles. The van der Waals surface area contributed by atoms with Crippen LogP contribution in [0, 0.1) is 11.3 Å². The quantitative estimate of drug-likeness (QED) is 0.436. The lowest BCUT2D eigenvalue weighted by atomic mass is 10.0. The van der Waals surface area contributed by atoms with Crippen molar-refractivity contribution in [1.29, 1.82) is 5.26 Å². The summed E-state index contributed by atoms with van der Waals surface area (Å²) in [6.45, 7) is 0. The molecule has 0 amide bonds. The van der Waals surface area contributed by atoms with Gasteiger partial charge in [0.05, 0.1) is 6.20 Å².